The Balaban J connectivity index is 1.90. The van der Waals surface area contributed by atoms with Crippen LogP contribution in [0.3, 0.4) is 0 Å². The topological polar surface area (TPSA) is 79.3 Å². The number of pyridine rings is 1. The van der Waals surface area contributed by atoms with Gasteiger partial charge in [0.25, 0.3) is 5.91 Å². The maximum absolute atomic E-state index is 11.9. The molecule has 1 aliphatic rings. The second-order valence-corrected chi connectivity index (χ2v) is 5.13. The lowest BCUT2D eigenvalue weighted by Crippen LogP contribution is -2.33. The number of nitrogens with zero attached hydrogens (tertiary/aromatic N) is 1. The van der Waals surface area contributed by atoms with Crippen LogP contribution < -0.4 is 5.32 Å². The highest BCUT2D eigenvalue weighted by Gasteiger charge is 2.22. The number of amides is 1. The van der Waals surface area contributed by atoms with E-state index in [1.807, 2.05) is 6.92 Å². The number of nitrogens with one attached hydrogen (secondary N) is 1. The van der Waals surface area contributed by atoms with Crippen molar-refractivity contribution in [3.05, 3.63) is 29.6 Å². The Morgan fingerprint density at radius 3 is 2.89 bits per heavy atom. The molecule has 1 unspecified atom stereocenters. The summed E-state index contributed by atoms with van der Waals surface area (Å²) in [6, 6.07) is 2.75. The van der Waals surface area contributed by atoms with Crippen LogP contribution in [-0.4, -0.2) is 28.0 Å². The first-order chi connectivity index (χ1) is 9.06. The molecule has 1 aliphatic carbocycles. The maximum Gasteiger partial charge on any atom is 0.335 e. The van der Waals surface area contributed by atoms with Gasteiger partial charge in [0.1, 0.15) is 5.69 Å². The summed E-state index contributed by atoms with van der Waals surface area (Å²) in [7, 11) is 0. The van der Waals surface area contributed by atoms with E-state index in [1.54, 1.807) is 0 Å². The average molecular weight is 262 g/mol. The molecule has 1 aromatic rings. The number of aromatic carboxylic acids is 1. The molecule has 0 spiro atoms. The number of carboxylic acids is 1. The van der Waals surface area contributed by atoms with E-state index in [-0.39, 0.29) is 23.2 Å². The largest absolute Gasteiger partial charge is 0.478 e. The summed E-state index contributed by atoms with van der Waals surface area (Å²) in [6.45, 7) is 1.96. The first kappa shape index (κ1) is 13.5. The zero-order valence-electron chi connectivity index (χ0n) is 10.9. The van der Waals surface area contributed by atoms with Crippen molar-refractivity contribution in [2.24, 2.45) is 5.92 Å². The highest BCUT2D eigenvalue weighted by molar-refractivity contribution is 5.95. The molecule has 0 saturated heterocycles. The zero-order chi connectivity index (χ0) is 13.8. The van der Waals surface area contributed by atoms with Crippen LogP contribution in [0.2, 0.25) is 0 Å². The molecule has 1 saturated carbocycles. The van der Waals surface area contributed by atoms with Gasteiger partial charge >= 0.3 is 5.97 Å². The quantitative estimate of drug-likeness (QED) is 0.822. The van der Waals surface area contributed by atoms with Crippen molar-refractivity contribution < 1.29 is 14.7 Å². The van der Waals surface area contributed by atoms with Gasteiger partial charge in [-0.1, -0.05) is 12.8 Å². The monoisotopic (exact) mass is 262 g/mol. The number of carboxylic acid groups (broad SMARTS) is 1. The van der Waals surface area contributed by atoms with Crippen molar-refractivity contribution in [3.8, 4) is 0 Å². The molecule has 2 N–H and O–H groups in total. The molecule has 1 atom stereocenters. The summed E-state index contributed by atoms with van der Waals surface area (Å²) in [5.41, 5.74) is 0.226. The summed E-state index contributed by atoms with van der Waals surface area (Å²) in [4.78, 5) is 26.7. The lowest BCUT2D eigenvalue weighted by Gasteiger charge is -2.13. The van der Waals surface area contributed by atoms with Gasteiger partial charge in [-0.2, -0.15) is 0 Å². The standard InChI is InChI=1S/C14H18N2O3/c1-9(2-3-10-4-5-10)16-13(17)12-8-11(14(18)19)6-7-15-12/h6-10H,2-5H2,1H3,(H,16,17)(H,18,19). The van der Waals surface area contributed by atoms with Crippen molar-refractivity contribution in [2.75, 3.05) is 0 Å². The fourth-order valence-corrected chi connectivity index (χ4v) is 1.95. The first-order valence-corrected chi connectivity index (χ1v) is 6.56. The number of carbonyl (C=O) groups excluding carboxylic acids is 1. The third kappa shape index (κ3) is 4.05. The van der Waals surface area contributed by atoms with E-state index in [0.717, 1.165) is 18.8 Å². The smallest absolute Gasteiger partial charge is 0.335 e. The van der Waals surface area contributed by atoms with E-state index in [2.05, 4.69) is 10.3 Å². The van der Waals surface area contributed by atoms with Crippen molar-refractivity contribution in [2.45, 2.75) is 38.6 Å². The Morgan fingerprint density at radius 1 is 1.53 bits per heavy atom. The molecule has 0 radical (unpaired) electrons. The van der Waals surface area contributed by atoms with Gasteiger partial charge in [0.2, 0.25) is 0 Å². The Morgan fingerprint density at radius 2 is 2.26 bits per heavy atom. The van der Waals surface area contributed by atoms with Crippen LogP contribution in [0.15, 0.2) is 18.3 Å². The van der Waals surface area contributed by atoms with Crippen molar-refractivity contribution in [1.29, 1.82) is 0 Å². The van der Waals surface area contributed by atoms with Crippen molar-refractivity contribution in [1.82, 2.24) is 10.3 Å². The fourth-order valence-electron chi connectivity index (χ4n) is 1.95. The number of aromatic nitrogens is 1. The molecule has 5 nitrogen and oxygen atoms in total. The van der Waals surface area contributed by atoms with Gasteiger partial charge in [0.15, 0.2) is 0 Å². The molecule has 5 heteroatoms. The third-order valence-electron chi connectivity index (χ3n) is 3.32. The zero-order valence-corrected chi connectivity index (χ0v) is 10.9. The normalized spacial score (nSPS) is 15.8. The predicted octanol–water partition coefficient (Wildman–Crippen LogP) is 2.09. The molecule has 0 bridgehead atoms. The Bertz CT molecular complexity index is 483. The van der Waals surface area contributed by atoms with E-state index in [1.165, 1.54) is 31.2 Å². The Kier molecular flexibility index (Phi) is 4.14. The molecule has 19 heavy (non-hydrogen) atoms. The number of rotatable bonds is 6. The van der Waals surface area contributed by atoms with Crippen molar-refractivity contribution in [3.63, 3.8) is 0 Å². The van der Waals surface area contributed by atoms with E-state index in [9.17, 15) is 9.59 Å². The minimum absolute atomic E-state index is 0.0748. The SMILES string of the molecule is CC(CCC1CC1)NC(=O)c1cc(C(=O)O)ccn1. The van der Waals surface area contributed by atoms with Gasteiger partial charge in [-0.05, 0) is 37.8 Å². The molecular formula is C14H18N2O3. The predicted molar refractivity (Wildman–Crippen MR) is 70.1 cm³/mol. The van der Waals surface area contributed by atoms with Crippen LogP contribution in [-0.2, 0) is 0 Å². The van der Waals surface area contributed by atoms with Crippen molar-refractivity contribution >= 4 is 11.9 Å². The summed E-state index contributed by atoms with van der Waals surface area (Å²) < 4.78 is 0. The summed E-state index contributed by atoms with van der Waals surface area (Å²) in [6.07, 6.45) is 6.05. The van der Waals surface area contributed by atoms with Crippen LogP contribution in [0, 0.1) is 5.92 Å². The van der Waals surface area contributed by atoms with E-state index in [4.69, 9.17) is 5.11 Å². The van der Waals surface area contributed by atoms with Crippen LogP contribution in [0.1, 0.15) is 53.5 Å². The Labute approximate surface area is 112 Å². The van der Waals surface area contributed by atoms with Crippen LogP contribution in [0.5, 0.6) is 0 Å². The molecule has 2 rings (SSSR count). The summed E-state index contributed by atoms with van der Waals surface area (Å²) >= 11 is 0. The number of carbonyl (C=O) groups is 2. The van der Waals surface area contributed by atoms with Gasteiger partial charge < -0.3 is 10.4 Å². The van der Waals surface area contributed by atoms with Gasteiger partial charge in [-0.3, -0.25) is 9.78 Å². The highest BCUT2D eigenvalue weighted by Crippen LogP contribution is 2.33. The lowest BCUT2D eigenvalue weighted by molar-refractivity contribution is 0.0696. The molecule has 1 fully saturated rings. The highest BCUT2D eigenvalue weighted by atomic mass is 16.4. The van der Waals surface area contributed by atoms with Gasteiger partial charge in [-0.25, -0.2) is 4.79 Å². The van der Waals surface area contributed by atoms with E-state index >= 15 is 0 Å². The molecule has 0 aromatic carbocycles. The second kappa shape index (κ2) is 5.82. The average Bonchev–Trinajstić information content (AvgIpc) is 3.20. The fraction of sp³-hybridized carbons (Fsp3) is 0.500. The molecule has 0 aliphatic heterocycles. The molecule has 1 heterocycles. The Hall–Kier alpha value is -1.91. The molecule has 1 amide bonds. The maximum atomic E-state index is 11.9. The van der Waals surface area contributed by atoms with E-state index in [0.29, 0.717) is 0 Å². The number of hydrogen-bond donors (Lipinski definition) is 2. The van der Waals surface area contributed by atoms with Crippen LogP contribution in [0.4, 0.5) is 0 Å². The molecular weight excluding hydrogens is 244 g/mol. The van der Waals surface area contributed by atoms with Gasteiger partial charge in [-0.15, -0.1) is 0 Å². The summed E-state index contributed by atoms with van der Waals surface area (Å²) in [5, 5.41) is 11.7. The summed E-state index contributed by atoms with van der Waals surface area (Å²) in [5.74, 6) is -0.530. The minimum Gasteiger partial charge on any atom is -0.478 e. The van der Waals surface area contributed by atoms with Crippen LogP contribution in [0.25, 0.3) is 0 Å². The first-order valence-electron chi connectivity index (χ1n) is 6.56. The molecule has 1 aromatic heterocycles. The lowest BCUT2D eigenvalue weighted by atomic mass is 10.1. The van der Waals surface area contributed by atoms with E-state index < -0.39 is 5.97 Å². The van der Waals surface area contributed by atoms with Crippen LogP contribution >= 0.6 is 0 Å². The van der Waals surface area contributed by atoms with Gasteiger partial charge in [0, 0.05) is 12.2 Å². The second-order valence-electron chi connectivity index (χ2n) is 5.13. The number of hydrogen-bond acceptors (Lipinski definition) is 3. The van der Waals surface area contributed by atoms with Gasteiger partial charge in [0.05, 0.1) is 5.56 Å². The third-order valence-corrected chi connectivity index (χ3v) is 3.32. The minimum atomic E-state index is -1.06. The molecule has 102 valence electrons.